The van der Waals surface area contributed by atoms with Crippen LogP contribution in [-0.2, 0) is 14.8 Å². The maximum absolute atomic E-state index is 12.0. The van der Waals surface area contributed by atoms with E-state index in [1.807, 2.05) is 0 Å². The fourth-order valence-corrected chi connectivity index (χ4v) is 4.27. The van der Waals surface area contributed by atoms with Gasteiger partial charge in [0.05, 0.1) is 4.90 Å². The second-order valence-electron chi connectivity index (χ2n) is 7.58. The number of unbranched alkanes of at least 4 members (excludes halogenated alkanes) is 2. The molecular weight excluding hydrogens is 362 g/mol. The van der Waals surface area contributed by atoms with Crippen molar-refractivity contribution < 1.29 is 13.2 Å². The molecule has 7 heteroatoms. The number of carbonyl (C=O) groups excluding carboxylic acids is 1. The number of amidine groups is 1. The summed E-state index contributed by atoms with van der Waals surface area (Å²) in [6, 6.07) is 7.08. The van der Waals surface area contributed by atoms with Crippen LogP contribution in [0.3, 0.4) is 0 Å². The average molecular weight is 394 g/mol. The van der Waals surface area contributed by atoms with Crippen LogP contribution >= 0.6 is 0 Å². The second-order valence-corrected chi connectivity index (χ2v) is 9.23. The van der Waals surface area contributed by atoms with Gasteiger partial charge in [0, 0.05) is 24.6 Å². The quantitative estimate of drug-likeness (QED) is 0.598. The van der Waals surface area contributed by atoms with E-state index in [2.05, 4.69) is 35.8 Å². The lowest BCUT2D eigenvalue weighted by Crippen LogP contribution is -2.32. The molecule has 2 N–H and O–H groups in total. The van der Waals surface area contributed by atoms with Crippen molar-refractivity contribution in [3.63, 3.8) is 0 Å². The van der Waals surface area contributed by atoms with Gasteiger partial charge in [0.25, 0.3) is 10.0 Å². The molecule has 0 aliphatic carbocycles. The summed E-state index contributed by atoms with van der Waals surface area (Å²) in [5.74, 6) is 1.18. The number of benzene rings is 1. The zero-order valence-electron chi connectivity index (χ0n) is 16.5. The van der Waals surface area contributed by atoms with E-state index < -0.39 is 10.0 Å². The van der Waals surface area contributed by atoms with Gasteiger partial charge >= 0.3 is 0 Å². The first kappa shape index (κ1) is 21.4. The first-order valence-electron chi connectivity index (χ1n) is 9.75. The number of rotatable bonds is 10. The molecule has 0 radical (unpaired) electrons. The van der Waals surface area contributed by atoms with Crippen LogP contribution in [0.15, 0.2) is 34.2 Å². The molecule has 0 fully saturated rings. The third-order valence-electron chi connectivity index (χ3n) is 4.58. The molecule has 1 aromatic rings. The van der Waals surface area contributed by atoms with Crippen molar-refractivity contribution in [1.29, 1.82) is 0 Å². The summed E-state index contributed by atoms with van der Waals surface area (Å²) < 4.78 is 26.5. The molecule has 0 aromatic heterocycles. The number of sulfonamides is 1. The van der Waals surface area contributed by atoms with Crippen molar-refractivity contribution in [3.8, 4) is 0 Å². The fraction of sp³-hybridized carbons (Fsp3) is 0.600. The molecule has 1 heterocycles. The highest BCUT2D eigenvalue weighted by Crippen LogP contribution is 2.22. The molecule has 6 nitrogen and oxygen atoms in total. The molecule has 1 amide bonds. The summed E-state index contributed by atoms with van der Waals surface area (Å²) in [6.45, 7) is 6.97. The van der Waals surface area contributed by atoms with Crippen LogP contribution in [0.1, 0.15) is 64.9 Å². The van der Waals surface area contributed by atoms with Crippen molar-refractivity contribution in [2.45, 2.75) is 70.2 Å². The molecule has 0 saturated heterocycles. The van der Waals surface area contributed by atoms with E-state index in [0.717, 1.165) is 32.1 Å². The molecule has 150 valence electrons. The van der Waals surface area contributed by atoms with Gasteiger partial charge in [0.2, 0.25) is 5.91 Å². The number of amides is 1. The highest BCUT2D eigenvalue weighted by atomic mass is 32.2. The molecule has 1 atom stereocenters. The Balaban J connectivity index is 1.67. The van der Waals surface area contributed by atoms with Crippen LogP contribution in [-0.4, -0.2) is 32.7 Å². The summed E-state index contributed by atoms with van der Waals surface area (Å²) in [7, 11) is -3.47. The normalized spacial score (nSPS) is 17.6. The van der Waals surface area contributed by atoms with Crippen molar-refractivity contribution >= 4 is 21.8 Å². The van der Waals surface area contributed by atoms with Crippen molar-refractivity contribution in [2.24, 2.45) is 10.9 Å². The smallest absolute Gasteiger partial charge is 0.263 e. The highest BCUT2D eigenvalue weighted by molar-refractivity contribution is 7.90. The number of hydrogen-bond acceptors (Lipinski definition) is 4. The topological polar surface area (TPSA) is 87.6 Å². The number of fused-ring (bicyclic) bond motifs is 1. The van der Waals surface area contributed by atoms with Crippen LogP contribution < -0.4 is 10.0 Å². The number of nitrogens with zero attached hydrogens (tertiary/aromatic N) is 1. The van der Waals surface area contributed by atoms with Gasteiger partial charge < -0.3 is 5.32 Å². The second kappa shape index (κ2) is 9.88. The van der Waals surface area contributed by atoms with Crippen LogP contribution in [0, 0.1) is 5.92 Å². The van der Waals surface area contributed by atoms with Gasteiger partial charge in [-0.25, -0.2) is 8.42 Å². The molecule has 1 aromatic carbocycles. The van der Waals surface area contributed by atoms with Crippen LogP contribution in [0.5, 0.6) is 0 Å². The first-order chi connectivity index (χ1) is 12.8. The third-order valence-corrected chi connectivity index (χ3v) is 5.98. The van der Waals surface area contributed by atoms with Gasteiger partial charge in [-0.1, -0.05) is 32.4 Å². The largest absolute Gasteiger partial charge is 0.354 e. The Bertz CT molecular complexity index is 772. The zero-order valence-corrected chi connectivity index (χ0v) is 17.3. The van der Waals surface area contributed by atoms with E-state index in [4.69, 9.17) is 0 Å². The summed E-state index contributed by atoms with van der Waals surface area (Å²) in [5, 5.41) is 3.05. The zero-order chi connectivity index (χ0) is 19.9. The van der Waals surface area contributed by atoms with E-state index in [-0.39, 0.29) is 16.8 Å². The van der Waals surface area contributed by atoms with E-state index in [9.17, 15) is 13.2 Å². The molecule has 0 bridgehead atoms. The van der Waals surface area contributed by atoms with Crippen molar-refractivity contribution in [2.75, 3.05) is 6.54 Å². The first-order valence-corrected chi connectivity index (χ1v) is 11.2. The Labute approximate surface area is 162 Å². The SMILES string of the molecule is CC(C)CCC(C)NC(=O)CCCCCN=C1NS(=O)(=O)c2ccccc21. The van der Waals surface area contributed by atoms with Crippen molar-refractivity contribution in [3.05, 3.63) is 29.8 Å². The lowest BCUT2D eigenvalue weighted by atomic mass is 10.0. The molecule has 1 unspecified atom stereocenters. The molecule has 0 saturated carbocycles. The Morgan fingerprint density at radius 1 is 1.11 bits per heavy atom. The summed E-state index contributed by atoms with van der Waals surface area (Å²) in [5.41, 5.74) is 0.632. The number of aliphatic imine (C=N–C) groups is 1. The minimum absolute atomic E-state index is 0.107. The Hall–Kier alpha value is -1.89. The van der Waals surface area contributed by atoms with Gasteiger partial charge in [-0.05, 0) is 50.7 Å². The molecule has 1 aliphatic heterocycles. The van der Waals surface area contributed by atoms with E-state index in [0.29, 0.717) is 30.3 Å². The predicted octanol–water partition coefficient (Wildman–Crippen LogP) is 3.23. The number of hydrogen-bond donors (Lipinski definition) is 2. The van der Waals surface area contributed by atoms with Crippen molar-refractivity contribution in [1.82, 2.24) is 10.0 Å². The number of nitrogens with one attached hydrogen (secondary N) is 2. The highest BCUT2D eigenvalue weighted by Gasteiger charge is 2.29. The predicted molar refractivity (Wildman–Crippen MR) is 108 cm³/mol. The van der Waals surface area contributed by atoms with Gasteiger partial charge in [-0.15, -0.1) is 0 Å². The lowest BCUT2D eigenvalue weighted by molar-refractivity contribution is -0.121. The van der Waals surface area contributed by atoms with E-state index in [1.165, 1.54) is 0 Å². The molecule has 0 spiro atoms. The van der Waals surface area contributed by atoms with Gasteiger partial charge in [0.15, 0.2) is 0 Å². The van der Waals surface area contributed by atoms with Crippen LogP contribution in [0.2, 0.25) is 0 Å². The lowest BCUT2D eigenvalue weighted by Gasteiger charge is -2.15. The Morgan fingerprint density at radius 2 is 1.85 bits per heavy atom. The Kier molecular flexibility index (Phi) is 7.83. The third kappa shape index (κ3) is 6.65. The molecule has 1 aliphatic rings. The standard InChI is InChI=1S/C20H31N3O3S/c1-15(2)12-13-16(3)22-19(24)11-5-4-8-14-21-20-17-9-6-7-10-18(17)27(25,26)23-20/h6-7,9-10,15-16H,4-5,8,11-14H2,1-3H3,(H,21,23)(H,22,24). The average Bonchev–Trinajstić information content (AvgIpc) is 2.87. The molecule has 2 rings (SSSR count). The van der Waals surface area contributed by atoms with Gasteiger partial charge in [-0.3, -0.25) is 14.5 Å². The summed E-state index contributed by atoms with van der Waals surface area (Å²) in [4.78, 5) is 16.6. The minimum atomic E-state index is -3.47. The summed E-state index contributed by atoms with van der Waals surface area (Å²) >= 11 is 0. The van der Waals surface area contributed by atoms with E-state index >= 15 is 0 Å². The van der Waals surface area contributed by atoms with Crippen LogP contribution in [0.25, 0.3) is 0 Å². The van der Waals surface area contributed by atoms with Crippen LogP contribution in [0.4, 0.5) is 0 Å². The maximum Gasteiger partial charge on any atom is 0.263 e. The minimum Gasteiger partial charge on any atom is -0.354 e. The Morgan fingerprint density at radius 3 is 2.59 bits per heavy atom. The molecule has 27 heavy (non-hydrogen) atoms. The van der Waals surface area contributed by atoms with Gasteiger partial charge in [-0.2, -0.15) is 0 Å². The number of carbonyl (C=O) groups is 1. The monoisotopic (exact) mass is 393 g/mol. The van der Waals surface area contributed by atoms with Gasteiger partial charge in [0.1, 0.15) is 5.84 Å². The van der Waals surface area contributed by atoms with E-state index in [1.54, 1.807) is 24.3 Å². The fourth-order valence-electron chi connectivity index (χ4n) is 3.02. The molecular formula is C20H31N3O3S. The maximum atomic E-state index is 12.0. The summed E-state index contributed by atoms with van der Waals surface area (Å²) in [6.07, 6.45) is 5.18.